The molecule has 4 atom stereocenters. The first-order valence-electron chi connectivity index (χ1n) is 3.55. The lowest BCUT2D eigenvalue weighted by Gasteiger charge is -2.24. The molecule has 0 aliphatic rings. The van der Waals surface area contributed by atoms with Gasteiger partial charge in [-0.15, -0.1) is 0 Å². The molecule has 0 spiro atoms. The molecule has 0 fully saturated rings. The molecule has 0 saturated heterocycles. The monoisotopic (exact) mass is 213 g/mol. The van der Waals surface area contributed by atoms with E-state index in [0.717, 1.165) is 0 Å². The van der Waals surface area contributed by atoms with Gasteiger partial charge in [-0.2, -0.15) is 0 Å². The summed E-state index contributed by atoms with van der Waals surface area (Å²) in [5.74, 6) is 0. The molecule has 0 aliphatic carbocycles. The lowest BCUT2D eigenvalue weighted by atomic mass is 10.0. The van der Waals surface area contributed by atoms with Gasteiger partial charge in [-0.1, -0.05) is 0 Å². The fourth-order valence-electron chi connectivity index (χ4n) is 0.719. The molecule has 5 N–H and O–H groups in total. The van der Waals surface area contributed by atoms with E-state index in [1.165, 1.54) is 0 Å². The van der Waals surface area contributed by atoms with Crippen LogP contribution in [0.25, 0.3) is 0 Å². The van der Waals surface area contributed by atoms with Crippen LogP contribution in [-0.2, 0) is 4.79 Å². The van der Waals surface area contributed by atoms with Crippen molar-refractivity contribution in [2.75, 3.05) is 6.61 Å². The number of halogens is 1. The number of aliphatic hydroxyl groups excluding tert-OH is 4. The molecule has 13 heavy (non-hydrogen) atoms. The normalized spacial score (nSPS) is 20.4. The molecule has 0 aliphatic heterocycles. The third-order valence-corrected chi connectivity index (χ3v) is 1.82. The first-order chi connectivity index (χ1) is 6.08. The van der Waals surface area contributed by atoms with Crippen molar-refractivity contribution < 1.29 is 25.2 Å². The smallest absolute Gasteiger partial charge is 0.140 e. The minimum Gasteiger partial charge on any atom is -0.394 e. The van der Waals surface area contributed by atoms with E-state index in [1.54, 1.807) is 0 Å². The number of hydrogen-bond acceptors (Lipinski definition) is 6. The van der Waals surface area contributed by atoms with E-state index in [4.69, 9.17) is 27.1 Å². The third-order valence-electron chi connectivity index (χ3n) is 1.57. The minimum absolute atomic E-state index is 0.283. The van der Waals surface area contributed by atoms with Gasteiger partial charge in [0.2, 0.25) is 0 Å². The maximum atomic E-state index is 10.2. The summed E-state index contributed by atoms with van der Waals surface area (Å²) in [7, 11) is 0. The second-order valence-corrected chi connectivity index (χ2v) is 2.72. The molecule has 6 nitrogen and oxygen atoms in total. The molecule has 0 bridgehead atoms. The molecule has 0 unspecified atom stereocenters. The Morgan fingerprint density at radius 3 is 2.15 bits per heavy atom. The largest absolute Gasteiger partial charge is 0.394 e. The van der Waals surface area contributed by atoms with E-state index in [1.807, 2.05) is 4.84 Å². The van der Waals surface area contributed by atoms with Gasteiger partial charge in [0, 0.05) is 0 Å². The van der Waals surface area contributed by atoms with Crippen molar-refractivity contribution in [3.8, 4) is 0 Å². The second kappa shape index (κ2) is 6.25. The van der Waals surface area contributed by atoms with E-state index in [0.29, 0.717) is 0 Å². The second-order valence-electron chi connectivity index (χ2n) is 2.50. The molecule has 0 heterocycles. The highest BCUT2D eigenvalue weighted by Crippen LogP contribution is 2.03. The first kappa shape index (κ1) is 12.8. The van der Waals surface area contributed by atoms with Crippen LogP contribution < -0.4 is 4.84 Å². The van der Waals surface area contributed by atoms with Crippen LogP contribution in [0.2, 0.25) is 0 Å². The zero-order chi connectivity index (χ0) is 10.4. The fraction of sp³-hybridized carbons (Fsp3) is 0.833. The van der Waals surface area contributed by atoms with Crippen molar-refractivity contribution in [2.45, 2.75) is 24.4 Å². The Morgan fingerprint density at radius 1 is 1.31 bits per heavy atom. The Morgan fingerprint density at radius 2 is 1.85 bits per heavy atom. The molecular weight excluding hydrogens is 202 g/mol. The molecular formula is C6H12ClNO5. The number of rotatable bonds is 6. The molecule has 0 aromatic carbocycles. The summed E-state index contributed by atoms with van der Waals surface area (Å²) in [4.78, 5) is 12.1. The van der Waals surface area contributed by atoms with Crippen LogP contribution >= 0.6 is 11.8 Å². The first-order valence-corrected chi connectivity index (χ1v) is 3.92. The van der Waals surface area contributed by atoms with Crippen LogP contribution in [0.4, 0.5) is 0 Å². The highest BCUT2D eigenvalue weighted by Gasteiger charge is 2.30. The number of carbonyl (C=O) groups is 1. The Balaban J connectivity index is 4.21. The Kier molecular flexibility index (Phi) is 6.13. The third kappa shape index (κ3) is 3.55. The van der Waals surface area contributed by atoms with Gasteiger partial charge in [-0.3, -0.25) is 0 Å². The van der Waals surface area contributed by atoms with Gasteiger partial charge in [0.1, 0.15) is 30.6 Å². The van der Waals surface area contributed by atoms with Gasteiger partial charge in [-0.25, -0.2) is 4.84 Å². The molecule has 0 radical (unpaired) electrons. The average molecular weight is 214 g/mol. The highest BCUT2D eigenvalue weighted by molar-refractivity contribution is 6.14. The van der Waals surface area contributed by atoms with E-state index in [-0.39, 0.29) is 6.29 Å². The molecule has 0 aromatic heterocycles. The number of nitrogens with one attached hydrogen (secondary N) is 1. The zero-order valence-electron chi connectivity index (χ0n) is 6.67. The van der Waals surface area contributed by atoms with Crippen molar-refractivity contribution in [3.63, 3.8) is 0 Å². The Hall–Kier alpha value is -0.240. The summed E-state index contributed by atoms with van der Waals surface area (Å²) in [6.07, 6.45) is -4.43. The molecule has 0 rings (SSSR count). The minimum atomic E-state index is -1.63. The summed E-state index contributed by atoms with van der Waals surface area (Å²) >= 11 is 5.06. The summed E-state index contributed by atoms with van der Waals surface area (Å²) in [6.45, 7) is -0.716. The lowest BCUT2D eigenvalue weighted by Crippen LogP contribution is -2.49. The lowest BCUT2D eigenvalue weighted by molar-refractivity contribution is -0.119. The Labute approximate surface area is 79.9 Å². The molecule has 0 aromatic rings. The van der Waals surface area contributed by atoms with E-state index < -0.39 is 31.0 Å². The van der Waals surface area contributed by atoms with E-state index >= 15 is 0 Å². The van der Waals surface area contributed by atoms with Crippen LogP contribution in [0.1, 0.15) is 0 Å². The zero-order valence-corrected chi connectivity index (χ0v) is 7.42. The van der Waals surface area contributed by atoms with Crippen molar-refractivity contribution in [3.05, 3.63) is 0 Å². The number of aldehydes is 1. The maximum Gasteiger partial charge on any atom is 0.140 e. The highest BCUT2D eigenvalue weighted by atomic mass is 35.5. The number of aliphatic hydroxyl groups is 4. The molecule has 78 valence electrons. The topological polar surface area (TPSA) is 110 Å². The van der Waals surface area contributed by atoms with Gasteiger partial charge in [0.15, 0.2) is 0 Å². The summed E-state index contributed by atoms with van der Waals surface area (Å²) in [6, 6.07) is -1.20. The average Bonchev–Trinajstić information content (AvgIpc) is 2.17. The van der Waals surface area contributed by atoms with Gasteiger partial charge >= 0.3 is 0 Å². The Bertz CT molecular complexity index is 158. The SMILES string of the molecule is O=C[C@@H](NCl)[C@@H](O)[C@H](O)[C@H](O)CO. The van der Waals surface area contributed by atoms with Gasteiger partial charge < -0.3 is 25.2 Å². The number of carbonyl (C=O) groups excluding carboxylic acids is 1. The van der Waals surface area contributed by atoms with Crippen LogP contribution in [0.5, 0.6) is 0 Å². The van der Waals surface area contributed by atoms with Gasteiger partial charge in [0.05, 0.1) is 6.61 Å². The molecule has 7 heteroatoms. The molecule has 0 saturated carbocycles. The van der Waals surface area contributed by atoms with Crippen LogP contribution in [0, 0.1) is 0 Å². The molecule has 0 amide bonds. The van der Waals surface area contributed by atoms with Crippen molar-refractivity contribution in [1.82, 2.24) is 4.84 Å². The van der Waals surface area contributed by atoms with Crippen LogP contribution in [0.3, 0.4) is 0 Å². The summed E-state index contributed by atoms with van der Waals surface area (Å²) in [5, 5.41) is 35.6. The van der Waals surface area contributed by atoms with Crippen molar-refractivity contribution in [1.29, 1.82) is 0 Å². The standard InChI is InChI=1S/C6H12ClNO5/c7-8-3(1-9)5(12)6(13)4(11)2-10/h1,3-6,8,10-13H,2H2/t3-,4-,5-,6-/m1/s1. The van der Waals surface area contributed by atoms with Gasteiger partial charge in [-0.05, 0) is 11.8 Å². The predicted octanol–water partition coefficient (Wildman–Crippen LogP) is -2.63. The van der Waals surface area contributed by atoms with Gasteiger partial charge in [0.25, 0.3) is 0 Å². The maximum absolute atomic E-state index is 10.2. The number of hydrogen-bond donors (Lipinski definition) is 5. The summed E-state index contributed by atoms with van der Waals surface area (Å²) in [5.41, 5.74) is 0. The summed E-state index contributed by atoms with van der Waals surface area (Å²) < 4.78 is 0. The van der Waals surface area contributed by atoms with E-state index in [2.05, 4.69) is 0 Å². The van der Waals surface area contributed by atoms with Crippen LogP contribution in [0.15, 0.2) is 0 Å². The van der Waals surface area contributed by atoms with Crippen LogP contribution in [-0.4, -0.2) is 57.7 Å². The van der Waals surface area contributed by atoms with Crippen molar-refractivity contribution >= 4 is 18.1 Å². The fourth-order valence-corrected chi connectivity index (χ4v) is 0.899. The predicted molar refractivity (Wildman–Crippen MR) is 43.9 cm³/mol. The quantitative estimate of drug-likeness (QED) is 0.244. The van der Waals surface area contributed by atoms with E-state index in [9.17, 15) is 9.90 Å². The van der Waals surface area contributed by atoms with Crippen molar-refractivity contribution in [2.24, 2.45) is 0 Å².